The van der Waals surface area contributed by atoms with Crippen LogP contribution in [0.2, 0.25) is 5.02 Å². The molecule has 1 fully saturated rings. The van der Waals surface area contributed by atoms with Crippen LogP contribution in [-0.2, 0) is 4.74 Å². The molecule has 1 N–H and O–H groups in total. The molecule has 1 aromatic rings. The Kier molecular flexibility index (Phi) is 5.88. The highest BCUT2D eigenvalue weighted by atomic mass is 35.5. The van der Waals surface area contributed by atoms with E-state index in [0.717, 1.165) is 23.4 Å². The van der Waals surface area contributed by atoms with Gasteiger partial charge in [-0.15, -0.1) is 0 Å². The van der Waals surface area contributed by atoms with Crippen molar-refractivity contribution in [2.75, 3.05) is 13.6 Å². The predicted molar refractivity (Wildman–Crippen MR) is 85.2 cm³/mol. The predicted octanol–water partition coefficient (Wildman–Crippen LogP) is 4.44. The van der Waals surface area contributed by atoms with Crippen LogP contribution in [0.15, 0.2) is 24.3 Å². The molecule has 1 aromatic carbocycles. The van der Waals surface area contributed by atoms with Crippen LogP contribution in [0.5, 0.6) is 0 Å². The minimum absolute atomic E-state index is 0.114. The summed E-state index contributed by atoms with van der Waals surface area (Å²) in [6.07, 6.45) is 4.13. The van der Waals surface area contributed by atoms with Crippen LogP contribution in [0.4, 0.5) is 0 Å². The summed E-state index contributed by atoms with van der Waals surface area (Å²) >= 11 is 5.96. The number of ether oxygens (including phenoxy) is 1. The Morgan fingerprint density at radius 3 is 2.50 bits per heavy atom. The van der Waals surface area contributed by atoms with Gasteiger partial charge in [0.25, 0.3) is 0 Å². The van der Waals surface area contributed by atoms with Crippen LogP contribution in [-0.4, -0.2) is 19.7 Å². The van der Waals surface area contributed by atoms with Gasteiger partial charge in [0.15, 0.2) is 0 Å². The van der Waals surface area contributed by atoms with Gasteiger partial charge in [-0.25, -0.2) is 0 Å². The van der Waals surface area contributed by atoms with Crippen molar-refractivity contribution in [1.29, 1.82) is 0 Å². The molecule has 4 unspecified atom stereocenters. The summed E-state index contributed by atoms with van der Waals surface area (Å²) < 4.78 is 6.37. The SMILES string of the molecule is CNCC(OC1CCC(C)C(C)C1)c1ccc(Cl)cc1. The summed E-state index contributed by atoms with van der Waals surface area (Å²) in [6, 6.07) is 8.02. The van der Waals surface area contributed by atoms with E-state index in [4.69, 9.17) is 16.3 Å². The van der Waals surface area contributed by atoms with Crippen LogP contribution in [0.25, 0.3) is 0 Å². The van der Waals surface area contributed by atoms with Crippen molar-refractivity contribution < 1.29 is 4.74 Å². The second-order valence-electron chi connectivity index (χ2n) is 6.12. The zero-order valence-electron chi connectivity index (χ0n) is 12.7. The van der Waals surface area contributed by atoms with Crippen molar-refractivity contribution in [3.05, 3.63) is 34.9 Å². The smallest absolute Gasteiger partial charge is 0.0952 e. The van der Waals surface area contributed by atoms with Gasteiger partial charge in [-0.2, -0.15) is 0 Å². The van der Waals surface area contributed by atoms with E-state index in [1.54, 1.807) is 0 Å². The first kappa shape index (κ1) is 15.8. The summed E-state index contributed by atoms with van der Waals surface area (Å²) in [5.74, 6) is 1.59. The molecule has 0 amide bonds. The molecule has 4 atom stereocenters. The Hall–Kier alpha value is -0.570. The topological polar surface area (TPSA) is 21.3 Å². The minimum atomic E-state index is 0.114. The molecule has 0 spiro atoms. The number of nitrogens with one attached hydrogen (secondary N) is 1. The van der Waals surface area contributed by atoms with Crippen molar-refractivity contribution in [2.45, 2.75) is 45.3 Å². The third kappa shape index (κ3) is 4.21. The van der Waals surface area contributed by atoms with E-state index >= 15 is 0 Å². The normalized spacial score (nSPS) is 28.3. The van der Waals surface area contributed by atoms with E-state index < -0.39 is 0 Å². The van der Waals surface area contributed by atoms with Crippen molar-refractivity contribution >= 4 is 11.6 Å². The molecule has 3 heteroatoms. The first-order valence-corrected chi connectivity index (χ1v) is 8.03. The number of rotatable bonds is 5. The average molecular weight is 296 g/mol. The fourth-order valence-electron chi connectivity index (χ4n) is 2.96. The summed E-state index contributed by atoms with van der Waals surface area (Å²) in [5, 5.41) is 4.01. The number of hydrogen-bond donors (Lipinski definition) is 1. The van der Waals surface area contributed by atoms with Gasteiger partial charge in [0.1, 0.15) is 0 Å². The number of hydrogen-bond acceptors (Lipinski definition) is 2. The molecule has 2 nitrogen and oxygen atoms in total. The number of halogens is 1. The Morgan fingerprint density at radius 1 is 1.20 bits per heavy atom. The van der Waals surface area contributed by atoms with Crippen LogP contribution < -0.4 is 5.32 Å². The van der Waals surface area contributed by atoms with Gasteiger partial charge in [0.2, 0.25) is 0 Å². The number of likely N-dealkylation sites (N-methyl/N-ethyl adjacent to an activating group) is 1. The Balaban J connectivity index is 2.00. The molecule has 1 saturated carbocycles. The highest BCUT2D eigenvalue weighted by Gasteiger charge is 2.27. The lowest BCUT2D eigenvalue weighted by Gasteiger charge is -2.34. The van der Waals surface area contributed by atoms with Gasteiger partial charge in [-0.1, -0.05) is 37.6 Å². The Bertz CT molecular complexity index is 406. The van der Waals surface area contributed by atoms with Gasteiger partial charge < -0.3 is 10.1 Å². The molecule has 112 valence electrons. The summed E-state index contributed by atoms with van der Waals surface area (Å²) in [4.78, 5) is 0. The van der Waals surface area contributed by atoms with Crippen molar-refractivity contribution in [3.63, 3.8) is 0 Å². The maximum Gasteiger partial charge on any atom is 0.0952 e. The highest BCUT2D eigenvalue weighted by Crippen LogP contribution is 2.33. The van der Waals surface area contributed by atoms with Gasteiger partial charge >= 0.3 is 0 Å². The zero-order chi connectivity index (χ0) is 14.5. The molecule has 1 aliphatic rings. The second kappa shape index (κ2) is 7.44. The number of benzene rings is 1. The summed E-state index contributed by atoms with van der Waals surface area (Å²) in [6.45, 7) is 5.53. The molecular formula is C17H26ClNO. The van der Waals surface area contributed by atoms with E-state index in [0.29, 0.717) is 6.10 Å². The lowest BCUT2D eigenvalue weighted by atomic mass is 9.80. The quantitative estimate of drug-likeness (QED) is 0.867. The van der Waals surface area contributed by atoms with Crippen molar-refractivity contribution in [2.24, 2.45) is 11.8 Å². The minimum Gasteiger partial charge on any atom is -0.369 e. The molecule has 20 heavy (non-hydrogen) atoms. The summed E-state index contributed by atoms with van der Waals surface area (Å²) in [7, 11) is 1.97. The first-order valence-electron chi connectivity index (χ1n) is 7.65. The largest absolute Gasteiger partial charge is 0.369 e. The van der Waals surface area contributed by atoms with Crippen LogP contribution in [0, 0.1) is 11.8 Å². The third-order valence-electron chi connectivity index (χ3n) is 4.54. The fraction of sp³-hybridized carbons (Fsp3) is 0.647. The van der Waals surface area contributed by atoms with Gasteiger partial charge in [-0.3, -0.25) is 0 Å². The van der Waals surface area contributed by atoms with Gasteiger partial charge in [0, 0.05) is 11.6 Å². The molecule has 0 bridgehead atoms. The maximum absolute atomic E-state index is 6.37. The Labute approximate surface area is 127 Å². The van der Waals surface area contributed by atoms with Crippen molar-refractivity contribution in [3.8, 4) is 0 Å². The van der Waals surface area contributed by atoms with E-state index in [2.05, 4.69) is 31.3 Å². The lowest BCUT2D eigenvalue weighted by molar-refractivity contribution is -0.0474. The maximum atomic E-state index is 6.37. The molecule has 0 saturated heterocycles. The second-order valence-corrected chi connectivity index (χ2v) is 6.56. The Morgan fingerprint density at radius 2 is 1.90 bits per heavy atom. The van der Waals surface area contributed by atoms with E-state index in [1.165, 1.54) is 24.8 Å². The van der Waals surface area contributed by atoms with Crippen molar-refractivity contribution in [1.82, 2.24) is 5.32 Å². The van der Waals surface area contributed by atoms with Crippen LogP contribution >= 0.6 is 11.6 Å². The van der Waals surface area contributed by atoms with Gasteiger partial charge in [0.05, 0.1) is 12.2 Å². The monoisotopic (exact) mass is 295 g/mol. The standard InChI is InChI=1S/C17H26ClNO/c1-12-4-9-16(10-13(12)2)20-17(11-19-3)14-5-7-15(18)8-6-14/h5-8,12-13,16-17,19H,4,9-11H2,1-3H3. The molecule has 0 radical (unpaired) electrons. The van der Waals surface area contributed by atoms with Gasteiger partial charge in [-0.05, 0) is 55.8 Å². The van der Waals surface area contributed by atoms with Crippen LogP contribution in [0.3, 0.4) is 0 Å². The molecule has 0 aliphatic heterocycles. The molecule has 1 aliphatic carbocycles. The first-order chi connectivity index (χ1) is 9.60. The van der Waals surface area contributed by atoms with E-state index in [9.17, 15) is 0 Å². The van der Waals surface area contributed by atoms with E-state index in [1.807, 2.05) is 19.2 Å². The fourth-order valence-corrected chi connectivity index (χ4v) is 3.09. The highest BCUT2D eigenvalue weighted by molar-refractivity contribution is 6.30. The lowest BCUT2D eigenvalue weighted by Crippen LogP contribution is -2.30. The molecule has 0 aromatic heterocycles. The zero-order valence-corrected chi connectivity index (χ0v) is 13.5. The molecule has 0 heterocycles. The molecule has 2 rings (SSSR count). The van der Waals surface area contributed by atoms with E-state index in [-0.39, 0.29) is 6.10 Å². The van der Waals surface area contributed by atoms with Crippen LogP contribution in [0.1, 0.15) is 44.8 Å². The molecular weight excluding hydrogens is 270 g/mol. The third-order valence-corrected chi connectivity index (χ3v) is 4.79. The summed E-state index contributed by atoms with van der Waals surface area (Å²) in [5.41, 5.74) is 1.20. The average Bonchev–Trinajstić information content (AvgIpc) is 2.43.